The van der Waals surface area contributed by atoms with Crippen molar-refractivity contribution in [3.8, 4) is 5.75 Å². The molecule has 0 unspecified atom stereocenters. The Bertz CT molecular complexity index is 1320. The van der Waals surface area contributed by atoms with E-state index in [0.717, 1.165) is 55.7 Å². The van der Waals surface area contributed by atoms with E-state index in [1.165, 1.54) is 11.1 Å². The fourth-order valence-corrected chi connectivity index (χ4v) is 5.27. The minimum Gasteiger partial charge on any atom is -0.494 e. The third kappa shape index (κ3) is 5.26. The van der Waals surface area contributed by atoms with Crippen LogP contribution in [0, 0.1) is 0 Å². The number of hydrogen-bond acceptors (Lipinski definition) is 5. The van der Waals surface area contributed by atoms with Crippen LogP contribution in [0.4, 0.5) is 0 Å². The monoisotopic (exact) mass is 503 g/mol. The van der Waals surface area contributed by atoms with Crippen molar-refractivity contribution in [2.24, 2.45) is 0 Å². The van der Waals surface area contributed by atoms with Crippen LogP contribution in [-0.4, -0.2) is 77.8 Å². The zero-order valence-electron chi connectivity index (χ0n) is 21.3. The number of carboxylic acid groups (broad SMARTS) is 1. The number of benzene rings is 2. The van der Waals surface area contributed by atoms with Gasteiger partial charge in [-0.25, -0.2) is 4.79 Å². The highest BCUT2D eigenvalue weighted by atomic mass is 16.5. The van der Waals surface area contributed by atoms with Gasteiger partial charge in [0.2, 0.25) is 0 Å². The summed E-state index contributed by atoms with van der Waals surface area (Å²) in [6.45, 7) is 9.50. The molecule has 0 radical (unpaired) electrons. The molecule has 3 aromatic rings. The summed E-state index contributed by atoms with van der Waals surface area (Å²) in [7, 11) is 0. The lowest BCUT2D eigenvalue weighted by Crippen LogP contribution is -2.37. The quantitative estimate of drug-likeness (QED) is 0.471. The van der Waals surface area contributed by atoms with Gasteiger partial charge in [0.1, 0.15) is 5.75 Å². The topological polar surface area (TPSA) is 95.1 Å². The van der Waals surface area contributed by atoms with Gasteiger partial charge in [-0.15, -0.1) is 0 Å². The molecule has 8 heteroatoms. The fourth-order valence-electron chi connectivity index (χ4n) is 5.27. The van der Waals surface area contributed by atoms with Crippen molar-refractivity contribution in [1.82, 2.24) is 14.8 Å². The predicted octanol–water partition coefficient (Wildman–Crippen LogP) is 4.13. The first-order valence-electron chi connectivity index (χ1n) is 12.7. The van der Waals surface area contributed by atoms with E-state index >= 15 is 0 Å². The Balaban J connectivity index is 1.31. The number of carbonyl (C=O) groups excluding carboxylic acids is 1. The Kier molecular flexibility index (Phi) is 7.04. The molecule has 1 fully saturated rings. The van der Waals surface area contributed by atoms with Crippen LogP contribution in [-0.2, 0) is 14.9 Å². The van der Waals surface area contributed by atoms with Crippen molar-refractivity contribution < 1.29 is 24.2 Å². The van der Waals surface area contributed by atoms with E-state index in [0.29, 0.717) is 30.2 Å². The van der Waals surface area contributed by atoms with Crippen molar-refractivity contribution in [3.63, 3.8) is 0 Å². The number of morpholine rings is 1. The van der Waals surface area contributed by atoms with Gasteiger partial charge in [0.05, 0.1) is 31.1 Å². The highest BCUT2D eigenvalue weighted by Crippen LogP contribution is 2.40. The second kappa shape index (κ2) is 10.4. The van der Waals surface area contributed by atoms with Gasteiger partial charge in [0, 0.05) is 54.3 Å². The summed E-state index contributed by atoms with van der Waals surface area (Å²) < 4.78 is 11.3. The summed E-state index contributed by atoms with van der Waals surface area (Å²) in [5.41, 5.74) is 2.41. The maximum Gasteiger partial charge on any atom is 0.339 e. The maximum absolute atomic E-state index is 13.5. The van der Waals surface area contributed by atoms with Crippen LogP contribution in [0.25, 0.3) is 16.5 Å². The van der Waals surface area contributed by atoms with Gasteiger partial charge in [-0.2, -0.15) is 0 Å². The second-order valence-corrected chi connectivity index (χ2v) is 10.3. The highest BCUT2D eigenvalue weighted by molar-refractivity contribution is 6.17. The van der Waals surface area contributed by atoms with Crippen LogP contribution in [0.15, 0.2) is 54.7 Å². The van der Waals surface area contributed by atoms with Gasteiger partial charge in [-0.05, 0) is 42.3 Å². The Morgan fingerprint density at radius 3 is 2.54 bits per heavy atom. The average molecular weight is 504 g/mol. The second-order valence-electron chi connectivity index (χ2n) is 10.3. The van der Waals surface area contributed by atoms with Crippen molar-refractivity contribution in [3.05, 3.63) is 71.6 Å². The molecule has 0 aliphatic carbocycles. The number of nitrogens with zero attached hydrogens (tertiary/aromatic N) is 2. The third-order valence-corrected chi connectivity index (χ3v) is 7.09. The summed E-state index contributed by atoms with van der Waals surface area (Å²) in [6, 6.07) is 14.9. The van der Waals surface area contributed by atoms with Crippen LogP contribution >= 0.6 is 0 Å². The van der Waals surface area contributed by atoms with E-state index in [1.807, 2.05) is 38.1 Å². The molecule has 0 bridgehead atoms. The summed E-state index contributed by atoms with van der Waals surface area (Å²) in [6.07, 6.45) is 2.38. The number of aromatic nitrogens is 1. The molecule has 1 amide bonds. The minimum absolute atomic E-state index is 0.0744. The van der Waals surface area contributed by atoms with Crippen LogP contribution in [0.2, 0.25) is 0 Å². The number of aromatic amines is 1. The molecule has 3 heterocycles. The summed E-state index contributed by atoms with van der Waals surface area (Å²) in [5.74, 6) is -0.623. The number of hydrogen-bond donors (Lipinski definition) is 2. The van der Waals surface area contributed by atoms with Gasteiger partial charge in [0.25, 0.3) is 5.91 Å². The Hall–Kier alpha value is -3.62. The summed E-state index contributed by atoms with van der Waals surface area (Å²) in [5, 5.41) is 11.0. The lowest BCUT2D eigenvalue weighted by molar-refractivity contribution is -0.130. The summed E-state index contributed by atoms with van der Waals surface area (Å²) >= 11 is 0. The van der Waals surface area contributed by atoms with Gasteiger partial charge in [0.15, 0.2) is 0 Å². The van der Waals surface area contributed by atoms with Crippen LogP contribution in [0.3, 0.4) is 0 Å². The number of fused-ring (bicyclic) bond motifs is 3. The van der Waals surface area contributed by atoms with E-state index in [9.17, 15) is 14.7 Å². The molecule has 8 nitrogen and oxygen atoms in total. The highest BCUT2D eigenvalue weighted by Gasteiger charge is 2.37. The number of para-hydroxylation sites is 1. The van der Waals surface area contributed by atoms with E-state index in [4.69, 9.17) is 9.47 Å². The number of H-pyrrole nitrogens is 1. The molecule has 0 spiro atoms. The number of amides is 1. The molecule has 2 aliphatic heterocycles. The van der Waals surface area contributed by atoms with E-state index in [2.05, 4.69) is 9.88 Å². The number of aliphatic carboxylic acids is 1. The number of carboxylic acids is 1. The summed E-state index contributed by atoms with van der Waals surface area (Å²) in [4.78, 5) is 33.0. The van der Waals surface area contributed by atoms with Gasteiger partial charge >= 0.3 is 5.97 Å². The molecule has 194 valence electrons. The number of nitrogens with one attached hydrogen (secondary N) is 1. The van der Waals surface area contributed by atoms with Gasteiger partial charge < -0.3 is 24.5 Å². The molecule has 1 aromatic heterocycles. The smallest absolute Gasteiger partial charge is 0.339 e. The van der Waals surface area contributed by atoms with E-state index < -0.39 is 11.4 Å². The number of carbonyl (C=O) groups is 2. The van der Waals surface area contributed by atoms with E-state index in [1.54, 1.807) is 24.3 Å². The van der Waals surface area contributed by atoms with Gasteiger partial charge in [-0.3, -0.25) is 9.69 Å². The normalized spacial score (nSPS) is 17.7. The minimum atomic E-state index is -1.08. The molecular weight excluding hydrogens is 470 g/mol. The van der Waals surface area contributed by atoms with Crippen molar-refractivity contribution in [2.45, 2.75) is 25.7 Å². The Morgan fingerprint density at radius 1 is 1.08 bits per heavy atom. The lowest BCUT2D eigenvalue weighted by atomic mass is 9.81. The predicted molar refractivity (Wildman–Crippen MR) is 142 cm³/mol. The first kappa shape index (κ1) is 25.0. The first-order valence-corrected chi connectivity index (χ1v) is 12.7. The molecule has 1 saturated heterocycles. The fraction of sp³-hybridized carbons (Fsp3) is 0.379. The lowest BCUT2D eigenvalue weighted by Gasteiger charge is -2.29. The molecule has 0 atom stereocenters. The van der Waals surface area contributed by atoms with Crippen molar-refractivity contribution in [1.29, 1.82) is 0 Å². The zero-order valence-corrected chi connectivity index (χ0v) is 21.3. The van der Waals surface area contributed by atoms with Crippen LogP contribution in [0.5, 0.6) is 5.75 Å². The molecule has 5 rings (SSSR count). The maximum atomic E-state index is 13.5. The number of rotatable bonds is 7. The standard InChI is InChI=1S/C29H33N3O5/c1-29(2)19-32(18-23(28(34)35)26-25(29)22-6-3-4-7-24(22)30-26)27(33)20-8-10-21(11-9-20)37-15-5-12-31-13-16-36-17-14-31/h3-4,6-11,18,30H,5,12-17,19H2,1-2H3,(H,34,35). The van der Waals surface area contributed by atoms with Gasteiger partial charge in [-0.1, -0.05) is 32.0 Å². The van der Waals surface area contributed by atoms with Crippen molar-refractivity contribution in [2.75, 3.05) is 46.0 Å². The molecule has 2 aromatic carbocycles. The molecule has 37 heavy (non-hydrogen) atoms. The largest absolute Gasteiger partial charge is 0.494 e. The van der Waals surface area contributed by atoms with E-state index in [-0.39, 0.29) is 11.5 Å². The molecule has 0 saturated carbocycles. The first-order chi connectivity index (χ1) is 17.8. The third-order valence-electron chi connectivity index (χ3n) is 7.09. The molecule has 2 N–H and O–H groups in total. The van der Waals surface area contributed by atoms with Crippen LogP contribution in [0.1, 0.15) is 41.9 Å². The van der Waals surface area contributed by atoms with Crippen molar-refractivity contribution >= 4 is 28.4 Å². The van der Waals surface area contributed by atoms with Crippen LogP contribution < -0.4 is 4.74 Å². The zero-order chi connectivity index (χ0) is 26.0. The SMILES string of the molecule is CC1(C)CN(C(=O)c2ccc(OCCCN3CCOCC3)cc2)C=C(C(=O)O)c2[nH]c3ccccc3c21. The molecular formula is C29H33N3O5. The average Bonchev–Trinajstić information content (AvgIpc) is 3.24. The Labute approximate surface area is 216 Å². The number of ether oxygens (including phenoxy) is 2. The Morgan fingerprint density at radius 2 is 1.81 bits per heavy atom. The molecule has 2 aliphatic rings.